The van der Waals surface area contributed by atoms with Crippen LogP contribution in [0.2, 0.25) is 0 Å². The van der Waals surface area contributed by atoms with E-state index in [4.69, 9.17) is 0 Å². The highest BCUT2D eigenvalue weighted by Crippen LogP contribution is 2.34. The largest absolute Gasteiger partial charge is 0.383 e. The highest BCUT2D eigenvalue weighted by molar-refractivity contribution is 5.95. The van der Waals surface area contributed by atoms with Crippen LogP contribution in [0.15, 0.2) is 42.7 Å². The van der Waals surface area contributed by atoms with Crippen LogP contribution in [-0.4, -0.2) is 22.5 Å². The second-order valence-electron chi connectivity index (χ2n) is 6.11. The van der Waals surface area contributed by atoms with Gasteiger partial charge in [0.2, 0.25) is 0 Å². The molecule has 0 saturated carbocycles. The van der Waals surface area contributed by atoms with Crippen LogP contribution in [0.1, 0.15) is 46.8 Å². The molecule has 0 saturated heterocycles. The maximum Gasteiger partial charge on any atom is 0.251 e. The molecule has 2 N–H and O–H groups in total. The summed E-state index contributed by atoms with van der Waals surface area (Å²) in [6.45, 7) is 2.23. The number of pyridine rings is 1. The molecule has 0 bridgehead atoms. The van der Waals surface area contributed by atoms with Gasteiger partial charge in [-0.1, -0.05) is 31.2 Å². The minimum atomic E-state index is -0.982. The third-order valence-electron chi connectivity index (χ3n) is 4.63. The van der Waals surface area contributed by atoms with Crippen molar-refractivity contribution in [3.05, 3.63) is 65.0 Å². The van der Waals surface area contributed by atoms with E-state index < -0.39 is 5.60 Å². The minimum absolute atomic E-state index is 0.152. The number of fused-ring (bicyclic) bond motifs is 1. The third-order valence-corrected chi connectivity index (χ3v) is 4.63. The first-order valence-corrected chi connectivity index (χ1v) is 8.16. The highest BCUT2D eigenvalue weighted by atomic mass is 16.3. The van der Waals surface area contributed by atoms with Gasteiger partial charge in [0.05, 0.1) is 6.54 Å². The van der Waals surface area contributed by atoms with Crippen molar-refractivity contribution in [3.8, 4) is 0 Å². The third kappa shape index (κ3) is 3.13. The van der Waals surface area contributed by atoms with Crippen molar-refractivity contribution < 1.29 is 9.90 Å². The summed E-state index contributed by atoms with van der Waals surface area (Å²) in [6, 6.07) is 9.68. The first-order valence-electron chi connectivity index (χ1n) is 8.16. The zero-order chi connectivity index (χ0) is 16.3. The lowest BCUT2D eigenvalue weighted by Crippen LogP contribution is -2.43. The number of carbonyl (C=O) groups is 1. The SMILES string of the molecule is CCc1cnccc1C(=O)NCC1(O)CCCc2ccccc21. The van der Waals surface area contributed by atoms with Gasteiger partial charge < -0.3 is 10.4 Å². The zero-order valence-corrected chi connectivity index (χ0v) is 13.4. The van der Waals surface area contributed by atoms with Crippen LogP contribution in [-0.2, 0) is 18.4 Å². The number of nitrogens with zero attached hydrogens (tertiary/aromatic N) is 1. The molecule has 1 heterocycles. The normalized spacial score (nSPS) is 19.9. The Labute approximate surface area is 136 Å². The highest BCUT2D eigenvalue weighted by Gasteiger charge is 2.34. The van der Waals surface area contributed by atoms with Gasteiger partial charge in [-0.3, -0.25) is 9.78 Å². The van der Waals surface area contributed by atoms with Crippen LogP contribution in [0.5, 0.6) is 0 Å². The second-order valence-corrected chi connectivity index (χ2v) is 6.11. The molecule has 120 valence electrons. The van der Waals surface area contributed by atoms with Gasteiger partial charge in [-0.25, -0.2) is 0 Å². The van der Waals surface area contributed by atoms with Gasteiger partial charge in [-0.2, -0.15) is 0 Å². The number of hydrogen-bond donors (Lipinski definition) is 2. The average molecular weight is 310 g/mol. The predicted molar refractivity (Wildman–Crippen MR) is 89.2 cm³/mol. The lowest BCUT2D eigenvalue weighted by molar-refractivity contribution is 0.0189. The molecule has 23 heavy (non-hydrogen) atoms. The quantitative estimate of drug-likeness (QED) is 0.912. The van der Waals surface area contributed by atoms with Gasteiger partial charge in [0.15, 0.2) is 0 Å². The number of nitrogens with one attached hydrogen (secondary N) is 1. The summed E-state index contributed by atoms with van der Waals surface area (Å²) in [6.07, 6.45) is 6.68. The molecule has 1 unspecified atom stereocenters. The zero-order valence-electron chi connectivity index (χ0n) is 13.4. The monoisotopic (exact) mass is 310 g/mol. The molecule has 1 aromatic carbocycles. The van der Waals surface area contributed by atoms with Crippen LogP contribution in [0.4, 0.5) is 0 Å². The van der Waals surface area contributed by atoms with E-state index in [-0.39, 0.29) is 12.5 Å². The van der Waals surface area contributed by atoms with E-state index in [9.17, 15) is 9.90 Å². The van der Waals surface area contributed by atoms with E-state index in [2.05, 4.69) is 16.4 Å². The number of aryl methyl sites for hydroxylation is 2. The van der Waals surface area contributed by atoms with Crippen molar-refractivity contribution in [2.75, 3.05) is 6.54 Å². The maximum atomic E-state index is 12.5. The molecule has 1 aromatic heterocycles. The minimum Gasteiger partial charge on any atom is -0.383 e. The summed E-state index contributed by atoms with van der Waals surface area (Å²) in [5.74, 6) is -0.152. The summed E-state index contributed by atoms with van der Waals surface area (Å²) in [5.41, 5.74) is 2.69. The Kier molecular flexibility index (Phi) is 4.44. The van der Waals surface area contributed by atoms with Crippen LogP contribution >= 0.6 is 0 Å². The lowest BCUT2D eigenvalue weighted by Gasteiger charge is -2.34. The molecule has 1 amide bonds. The van der Waals surface area contributed by atoms with Gasteiger partial charge >= 0.3 is 0 Å². The number of benzene rings is 1. The Bertz CT molecular complexity index is 714. The van der Waals surface area contributed by atoms with E-state index >= 15 is 0 Å². The molecule has 0 fully saturated rings. The van der Waals surface area contributed by atoms with Crippen molar-refractivity contribution in [2.45, 2.75) is 38.2 Å². The lowest BCUT2D eigenvalue weighted by atomic mass is 9.79. The van der Waals surface area contributed by atoms with Gasteiger partial charge in [0, 0.05) is 18.0 Å². The number of rotatable bonds is 4. The van der Waals surface area contributed by atoms with Crippen molar-refractivity contribution >= 4 is 5.91 Å². The van der Waals surface area contributed by atoms with Crippen molar-refractivity contribution in [2.24, 2.45) is 0 Å². The molecule has 1 atom stereocenters. The Morgan fingerprint density at radius 1 is 1.35 bits per heavy atom. The van der Waals surface area contributed by atoms with E-state index in [0.29, 0.717) is 12.0 Å². The number of hydrogen-bond acceptors (Lipinski definition) is 3. The summed E-state index contributed by atoms with van der Waals surface area (Å²) < 4.78 is 0. The summed E-state index contributed by atoms with van der Waals surface area (Å²) in [7, 11) is 0. The molecule has 0 aliphatic heterocycles. The van der Waals surface area contributed by atoms with E-state index in [1.807, 2.05) is 25.1 Å². The molecular formula is C19H22N2O2. The molecule has 2 aromatic rings. The first-order chi connectivity index (χ1) is 11.1. The molecule has 0 spiro atoms. The van der Waals surface area contributed by atoms with Gasteiger partial charge in [-0.15, -0.1) is 0 Å². The number of amides is 1. The van der Waals surface area contributed by atoms with Crippen LogP contribution in [0.3, 0.4) is 0 Å². The Morgan fingerprint density at radius 3 is 3.00 bits per heavy atom. The number of carbonyl (C=O) groups excluding carboxylic acids is 1. The average Bonchev–Trinajstić information content (AvgIpc) is 2.60. The fourth-order valence-electron chi connectivity index (χ4n) is 3.33. The predicted octanol–water partition coefficient (Wildman–Crippen LogP) is 2.60. The topological polar surface area (TPSA) is 62.2 Å². The summed E-state index contributed by atoms with van der Waals surface area (Å²) >= 11 is 0. The standard InChI is InChI=1S/C19H22N2O2/c1-2-14-12-20-11-9-16(14)18(22)21-13-19(23)10-5-7-15-6-3-4-8-17(15)19/h3-4,6,8-9,11-12,23H,2,5,7,10,13H2,1H3,(H,21,22). The Hall–Kier alpha value is -2.20. The van der Waals surface area contributed by atoms with Crippen molar-refractivity contribution in [3.63, 3.8) is 0 Å². The molecule has 1 aliphatic rings. The van der Waals surface area contributed by atoms with E-state index in [0.717, 1.165) is 30.4 Å². The van der Waals surface area contributed by atoms with Gasteiger partial charge in [0.1, 0.15) is 5.60 Å². The van der Waals surface area contributed by atoms with Crippen molar-refractivity contribution in [1.29, 1.82) is 0 Å². The first kappa shape index (κ1) is 15.7. The molecule has 1 aliphatic carbocycles. The van der Waals surface area contributed by atoms with Gasteiger partial charge in [-0.05, 0) is 48.4 Å². The summed E-state index contributed by atoms with van der Waals surface area (Å²) in [5, 5.41) is 13.9. The van der Waals surface area contributed by atoms with Crippen molar-refractivity contribution in [1.82, 2.24) is 10.3 Å². The molecule has 4 heteroatoms. The summed E-state index contributed by atoms with van der Waals surface area (Å²) in [4.78, 5) is 16.5. The Balaban J connectivity index is 1.77. The fraction of sp³-hybridized carbons (Fsp3) is 0.368. The molecule has 4 nitrogen and oxygen atoms in total. The number of aliphatic hydroxyl groups is 1. The van der Waals surface area contributed by atoms with E-state index in [1.165, 1.54) is 5.56 Å². The maximum absolute atomic E-state index is 12.5. The Morgan fingerprint density at radius 2 is 2.17 bits per heavy atom. The molecule has 0 radical (unpaired) electrons. The smallest absolute Gasteiger partial charge is 0.251 e. The molecular weight excluding hydrogens is 288 g/mol. The van der Waals surface area contributed by atoms with Crippen LogP contribution in [0.25, 0.3) is 0 Å². The number of aromatic nitrogens is 1. The fourth-order valence-corrected chi connectivity index (χ4v) is 3.33. The molecule has 3 rings (SSSR count). The van der Waals surface area contributed by atoms with Gasteiger partial charge in [0.25, 0.3) is 5.91 Å². The van der Waals surface area contributed by atoms with Crippen LogP contribution in [0, 0.1) is 0 Å². The second kappa shape index (κ2) is 6.50. The van der Waals surface area contributed by atoms with E-state index in [1.54, 1.807) is 18.5 Å². The van der Waals surface area contributed by atoms with Crippen LogP contribution < -0.4 is 5.32 Å².